The van der Waals surface area contributed by atoms with Gasteiger partial charge in [0, 0.05) is 16.6 Å². The fourth-order valence-corrected chi connectivity index (χ4v) is 4.94. The Morgan fingerprint density at radius 3 is 2.49 bits per heavy atom. The van der Waals surface area contributed by atoms with E-state index in [4.69, 9.17) is 32.9 Å². The summed E-state index contributed by atoms with van der Waals surface area (Å²) in [6.07, 6.45) is 4.00. The first kappa shape index (κ1) is 28.7. The molecule has 0 saturated heterocycles. The zero-order valence-electron chi connectivity index (χ0n) is 22.5. The maximum Gasteiger partial charge on any atom is 0.266 e. The number of halogens is 2. The number of hydrogen-bond acceptors (Lipinski definition) is 4. The summed E-state index contributed by atoms with van der Waals surface area (Å²) < 4.78 is 7.40. The molecule has 1 aromatic heterocycles. The molecule has 0 radical (unpaired) electrons. The van der Waals surface area contributed by atoms with Crippen LogP contribution < -0.4 is 10.3 Å². The molecule has 3 aromatic carbocycles. The molecule has 0 aliphatic rings. The molecule has 4 aromatic rings. The number of nitrogens with zero attached hydrogens (tertiary/aromatic N) is 3. The van der Waals surface area contributed by atoms with Crippen LogP contribution in [0.3, 0.4) is 0 Å². The smallest absolute Gasteiger partial charge is 0.266 e. The summed E-state index contributed by atoms with van der Waals surface area (Å²) >= 11 is 12.4. The summed E-state index contributed by atoms with van der Waals surface area (Å²) in [5, 5.41) is 1.64. The highest BCUT2D eigenvalue weighted by Gasteiger charge is 2.27. The monoisotopic (exact) mass is 565 g/mol. The fraction of sp³-hybridized carbons (Fsp3) is 0.323. The molecule has 4 rings (SSSR count). The van der Waals surface area contributed by atoms with Crippen LogP contribution in [0, 0.1) is 6.92 Å². The van der Waals surface area contributed by atoms with Crippen LogP contribution in [0.4, 0.5) is 0 Å². The maximum absolute atomic E-state index is 13.9. The first-order valence-electron chi connectivity index (χ1n) is 13.3. The van der Waals surface area contributed by atoms with Gasteiger partial charge < -0.3 is 9.64 Å². The van der Waals surface area contributed by atoms with Crippen molar-refractivity contribution in [1.82, 2.24) is 14.5 Å². The predicted octanol–water partition coefficient (Wildman–Crippen LogP) is 7.55. The highest BCUT2D eigenvalue weighted by atomic mass is 35.5. The molecule has 39 heavy (non-hydrogen) atoms. The third-order valence-corrected chi connectivity index (χ3v) is 7.53. The largest absolute Gasteiger partial charge is 0.484 e. The van der Waals surface area contributed by atoms with Crippen molar-refractivity contribution in [1.29, 1.82) is 0 Å². The van der Waals surface area contributed by atoms with E-state index < -0.39 is 6.04 Å². The molecule has 8 heteroatoms. The lowest BCUT2D eigenvalue weighted by atomic mass is 10.1. The predicted molar refractivity (Wildman–Crippen MR) is 158 cm³/mol. The van der Waals surface area contributed by atoms with E-state index in [0.717, 1.165) is 31.2 Å². The van der Waals surface area contributed by atoms with Crippen molar-refractivity contribution in [2.45, 2.75) is 52.5 Å². The Bertz CT molecular complexity index is 1500. The average Bonchev–Trinajstić information content (AvgIpc) is 2.94. The van der Waals surface area contributed by atoms with E-state index in [9.17, 15) is 9.59 Å². The highest BCUT2D eigenvalue weighted by Crippen LogP contribution is 2.28. The number of fused-ring (bicyclic) bond motifs is 1. The molecule has 0 N–H and O–H groups in total. The number of carbonyl (C=O) groups is 1. The van der Waals surface area contributed by atoms with Crippen molar-refractivity contribution >= 4 is 40.0 Å². The van der Waals surface area contributed by atoms with Crippen molar-refractivity contribution in [2.24, 2.45) is 0 Å². The number of hydrogen-bond donors (Lipinski definition) is 0. The van der Waals surface area contributed by atoms with Crippen LogP contribution in [0.1, 0.15) is 57.0 Å². The van der Waals surface area contributed by atoms with Crippen molar-refractivity contribution in [3.05, 3.63) is 98.5 Å². The number of ether oxygens (including phenoxy) is 1. The minimum absolute atomic E-state index is 0.145. The van der Waals surface area contributed by atoms with E-state index in [-0.39, 0.29) is 18.1 Å². The van der Waals surface area contributed by atoms with E-state index in [1.165, 1.54) is 0 Å². The minimum atomic E-state index is -0.511. The van der Waals surface area contributed by atoms with Gasteiger partial charge >= 0.3 is 0 Å². The van der Waals surface area contributed by atoms with Gasteiger partial charge in [-0.2, -0.15) is 0 Å². The summed E-state index contributed by atoms with van der Waals surface area (Å²) in [7, 11) is 0. The second-order valence-electron chi connectivity index (χ2n) is 9.58. The van der Waals surface area contributed by atoms with Crippen LogP contribution in [-0.4, -0.2) is 33.5 Å². The molecular weight excluding hydrogens is 533 g/mol. The van der Waals surface area contributed by atoms with Gasteiger partial charge in [0.1, 0.15) is 11.6 Å². The Kier molecular flexibility index (Phi) is 9.65. The molecule has 1 atom stereocenters. The molecule has 204 valence electrons. The quantitative estimate of drug-likeness (QED) is 0.176. The molecule has 0 spiro atoms. The van der Waals surface area contributed by atoms with Gasteiger partial charge in [-0.05, 0) is 74.4 Å². The molecule has 0 saturated carbocycles. The molecule has 1 amide bonds. The fourth-order valence-electron chi connectivity index (χ4n) is 4.64. The zero-order chi connectivity index (χ0) is 27.9. The average molecular weight is 567 g/mol. The van der Waals surface area contributed by atoms with Gasteiger partial charge in [0.2, 0.25) is 0 Å². The van der Waals surface area contributed by atoms with Crippen molar-refractivity contribution in [2.75, 3.05) is 13.2 Å². The van der Waals surface area contributed by atoms with Gasteiger partial charge in [0.15, 0.2) is 6.61 Å². The summed E-state index contributed by atoms with van der Waals surface area (Å²) in [6.45, 7) is 6.31. The van der Waals surface area contributed by atoms with Crippen LogP contribution in [0.5, 0.6) is 5.75 Å². The molecule has 0 aliphatic heterocycles. The number of carbonyl (C=O) groups excluding carboxylic acids is 1. The Hall–Kier alpha value is -3.35. The van der Waals surface area contributed by atoms with Crippen LogP contribution in [-0.2, 0) is 4.79 Å². The highest BCUT2D eigenvalue weighted by molar-refractivity contribution is 6.31. The zero-order valence-corrected chi connectivity index (χ0v) is 24.0. The topological polar surface area (TPSA) is 64.4 Å². The first-order valence-corrected chi connectivity index (χ1v) is 14.0. The Morgan fingerprint density at radius 2 is 1.74 bits per heavy atom. The number of benzene rings is 3. The van der Waals surface area contributed by atoms with Crippen molar-refractivity contribution < 1.29 is 9.53 Å². The third kappa shape index (κ3) is 6.63. The third-order valence-electron chi connectivity index (χ3n) is 6.87. The second kappa shape index (κ2) is 13.1. The van der Waals surface area contributed by atoms with Crippen LogP contribution in [0.2, 0.25) is 10.0 Å². The molecule has 1 heterocycles. The number of rotatable bonds is 11. The summed E-state index contributed by atoms with van der Waals surface area (Å²) in [5.41, 5.74) is 1.78. The van der Waals surface area contributed by atoms with Crippen molar-refractivity contribution in [3.63, 3.8) is 0 Å². The normalized spacial score (nSPS) is 11.9. The van der Waals surface area contributed by atoms with Gasteiger partial charge in [-0.25, -0.2) is 4.98 Å². The maximum atomic E-state index is 13.9. The van der Waals surface area contributed by atoms with Gasteiger partial charge in [-0.3, -0.25) is 14.2 Å². The van der Waals surface area contributed by atoms with Gasteiger partial charge in [0.05, 0.1) is 22.6 Å². The second-order valence-corrected chi connectivity index (χ2v) is 10.4. The first-order chi connectivity index (χ1) is 18.8. The molecule has 0 aliphatic carbocycles. The van der Waals surface area contributed by atoms with Gasteiger partial charge in [-0.1, -0.05) is 67.6 Å². The van der Waals surface area contributed by atoms with Gasteiger partial charge in [-0.15, -0.1) is 0 Å². The Balaban J connectivity index is 1.76. The molecular formula is C31H33Cl2N3O3. The number of aromatic nitrogens is 2. The Labute approximate surface area is 239 Å². The SMILES string of the molecule is CCCCCCN(C(=O)COc1ccc(Cl)cc1)C(C)c1nc2ccccc2c(=O)n1-c1cccc(Cl)c1C. The molecule has 6 nitrogen and oxygen atoms in total. The van der Waals surface area contributed by atoms with Crippen molar-refractivity contribution in [3.8, 4) is 11.4 Å². The molecule has 0 fully saturated rings. The summed E-state index contributed by atoms with van der Waals surface area (Å²) in [5.74, 6) is 0.840. The van der Waals surface area contributed by atoms with Gasteiger partial charge in [0.25, 0.3) is 11.5 Å². The standard InChI is InChI=1S/C31H33Cl2N3O3/c1-4-5-6-9-19-35(29(37)20-39-24-17-15-23(32)16-18-24)22(3)30-34-27-13-8-7-11-25(27)31(38)36(30)28-14-10-12-26(33)21(28)2/h7-8,10-18,22H,4-6,9,19-20H2,1-3H3. The number of amides is 1. The van der Waals surface area contributed by atoms with E-state index in [0.29, 0.717) is 44.8 Å². The van der Waals surface area contributed by atoms with E-state index in [1.54, 1.807) is 45.9 Å². The van der Waals surface area contributed by atoms with Crippen LogP contribution >= 0.6 is 23.2 Å². The minimum Gasteiger partial charge on any atom is -0.484 e. The summed E-state index contributed by atoms with van der Waals surface area (Å²) in [4.78, 5) is 34.2. The lowest BCUT2D eigenvalue weighted by molar-refractivity contribution is -0.135. The van der Waals surface area contributed by atoms with E-state index in [1.807, 2.05) is 44.2 Å². The number of para-hydroxylation sites is 1. The van der Waals surface area contributed by atoms with Crippen LogP contribution in [0.25, 0.3) is 16.6 Å². The van der Waals surface area contributed by atoms with Crippen LogP contribution in [0.15, 0.2) is 71.5 Å². The lowest BCUT2D eigenvalue weighted by Crippen LogP contribution is -2.40. The lowest BCUT2D eigenvalue weighted by Gasteiger charge is -2.31. The van der Waals surface area contributed by atoms with E-state index in [2.05, 4.69) is 6.92 Å². The molecule has 1 unspecified atom stereocenters. The molecule has 0 bridgehead atoms. The van der Waals surface area contributed by atoms with E-state index >= 15 is 0 Å². The number of unbranched alkanes of at least 4 members (excludes halogenated alkanes) is 3. The Morgan fingerprint density at radius 1 is 1.00 bits per heavy atom. The summed E-state index contributed by atoms with van der Waals surface area (Å²) in [6, 6.07) is 19.1.